The Hall–Kier alpha value is -3.72. The molecule has 0 saturated heterocycles. The number of aliphatic hydroxyl groups excluding tert-OH is 1. The standard InChI is InChI=1S/C29H40N6O3/c1-20(2)34(15-16-35(21(3)4)28(37)38-29(5,6)7)26-12-11-23(18-31-26)25-13-14-30-27(33-25)32-24-10-8-9-22(17-24)19-36/h8-14,17-18,20-21,36H,15-16,19H2,1-7H3,(H,30,32,33). The monoisotopic (exact) mass is 520 g/mol. The van der Waals surface area contributed by atoms with Gasteiger partial charge < -0.3 is 25.0 Å². The first-order valence-electron chi connectivity index (χ1n) is 13.0. The molecule has 0 fully saturated rings. The molecule has 3 rings (SSSR count). The number of nitrogens with zero attached hydrogens (tertiary/aromatic N) is 5. The van der Waals surface area contributed by atoms with Gasteiger partial charge in [0.15, 0.2) is 0 Å². The highest BCUT2D eigenvalue weighted by Gasteiger charge is 2.25. The fourth-order valence-corrected chi connectivity index (χ4v) is 3.90. The van der Waals surface area contributed by atoms with Crippen molar-refractivity contribution in [3.63, 3.8) is 0 Å². The van der Waals surface area contributed by atoms with Crippen molar-refractivity contribution < 1.29 is 14.6 Å². The normalized spacial score (nSPS) is 11.5. The van der Waals surface area contributed by atoms with Crippen molar-refractivity contribution in [3.8, 4) is 11.3 Å². The minimum Gasteiger partial charge on any atom is -0.444 e. The Morgan fingerprint density at radius 3 is 2.39 bits per heavy atom. The number of pyridine rings is 1. The van der Waals surface area contributed by atoms with Gasteiger partial charge in [-0.2, -0.15) is 0 Å². The number of aliphatic hydroxyl groups is 1. The van der Waals surface area contributed by atoms with Crippen LogP contribution in [0.1, 0.15) is 54.0 Å². The van der Waals surface area contributed by atoms with Gasteiger partial charge in [-0.3, -0.25) is 0 Å². The summed E-state index contributed by atoms with van der Waals surface area (Å²) < 4.78 is 5.61. The molecule has 0 unspecified atom stereocenters. The molecule has 0 aliphatic rings. The second-order valence-electron chi connectivity index (χ2n) is 10.7. The number of rotatable bonds is 10. The number of nitrogens with one attached hydrogen (secondary N) is 1. The van der Waals surface area contributed by atoms with E-state index in [9.17, 15) is 9.90 Å². The molecule has 204 valence electrons. The summed E-state index contributed by atoms with van der Waals surface area (Å²) in [4.78, 5) is 30.3. The molecule has 2 aromatic heterocycles. The van der Waals surface area contributed by atoms with E-state index in [1.807, 2.05) is 77.1 Å². The Bertz CT molecular complexity index is 1190. The van der Waals surface area contributed by atoms with Gasteiger partial charge >= 0.3 is 6.09 Å². The topological polar surface area (TPSA) is 104 Å². The van der Waals surface area contributed by atoms with Gasteiger partial charge in [0.1, 0.15) is 11.4 Å². The van der Waals surface area contributed by atoms with Crippen LogP contribution in [0.3, 0.4) is 0 Å². The van der Waals surface area contributed by atoms with Crippen molar-refractivity contribution in [2.45, 2.75) is 72.8 Å². The first kappa shape index (κ1) is 28.8. The number of hydrogen-bond donors (Lipinski definition) is 2. The summed E-state index contributed by atoms with van der Waals surface area (Å²) in [5.41, 5.74) is 2.68. The molecule has 2 heterocycles. The van der Waals surface area contributed by atoms with Crippen LogP contribution in [0.15, 0.2) is 54.9 Å². The average molecular weight is 521 g/mol. The van der Waals surface area contributed by atoms with E-state index >= 15 is 0 Å². The van der Waals surface area contributed by atoms with Crippen molar-refractivity contribution in [3.05, 3.63) is 60.4 Å². The van der Waals surface area contributed by atoms with Crippen LogP contribution >= 0.6 is 0 Å². The van der Waals surface area contributed by atoms with Crippen molar-refractivity contribution in [1.82, 2.24) is 19.9 Å². The van der Waals surface area contributed by atoms with E-state index in [0.717, 1.165) is 28.3 Å². The van der Waals surface area contributed by atoms with Crippen molar-refractivity contribution >= 4 is 23.5 Å². The maximum atomic E-state index is 12.7. The molecule has 0 aliphatic carbocycles. The lowest BCUT2D eigenvalue weighted by Gasteiger charge is -2.34. The molecule has 0 saturated carbocycles. The second kappa shape index (κ2) is 12.7. The first-order valence-corrected chi connectivity index (χ1v) is 13.0. The number of amides is 1. The molecule has 1 amide bonds. The van der Waals surface area contributed by atoms with Crippen LogP contribution in [0.25, 0.3) is 11.3 Å². The van der Waals surface area contributed by atoms with Crippen molar-refractivity contribution in [2.75, 3.05) is 23.3 Å². The van der Waals surface area contributed by atoms with E-state index in [4.69, 9.17) is 9.72 Å². The van der Waals surface area contributed by atoms with Gasteiger partial charge in [0.2, 0.25) is 5.95 Å². The summed E-state index contributed by atoms with van der Waals surface area (Å²) in [6.45, 7) is 14.9. The fraction of sp³-hybridized carbons (Fsp3) is 0.448. The lowest BCUT2D eigenvalue weighted by Crippen LogP contribution is -2.46. The van der Waals surface area contributed by atoms with Crippen LogP contribution in [0.5, 0.6) is 0 Å². The number of anilines is 3. The summed E-state index contributed by atoms with van der Waals surface area (Å²) in [7, 11) is 0. The van der Waals surface area contributed by atoms with Gasteiger partial charge in [-0.25, -0.2) is 19.7 Å². The summed E-state index contributed by atoms with van der Waals surface area (Å²) in [5.74, 6) is 1.28. The van der Waals surface area contributed by atoms with Crippen molar-refractivity contribution in [2.24, 2.45) is 0 Å². The van der Waals surface area contributed by atoms with Gasteiger partial charge in [0.05, 0.1) is 12.3 Å². The highest BCUT2D eigenvalue weighted by atomic mass is 16.6. The highest BCUT2D eigenvalue weighted by molar-refractivity contribution is 5.68. The van der Waals surface area contributed by atoms with E-state index in [0.29, 0.717) is 19.0 Å². The van der Waals surface area contributed by atoms with Crippen LogP contribution in [-0.2, 0) is 11.3 Å². The predicted octanol–water partition coefficient (Wildman–Crippen LogP) is 5.63. The Labute approximate surface area is 225 Å². The predicted molar refractivity (Wildman–Crippen MR) is 151 cm³/mol. The Kier molecular flexibility index (Phi) is 9.63. The van der Waals surface area contributed by atoms with Gasteiger partial charge in [-0.15, -0.1) is 0 Å². The maximum Gasteiger partial charge on any atom is 0.410 e. The molecule has 9 nitrogen and oxygen atoms in total. The van der Waals surface area contributed by atoms with Gasteiger partial charge in [0, 0.05) is 48.8 Å². The SMILES string of the molecule is CC(C)N(CCN(c1ccc(-c2ccnc(Nc3cccc(CO)c3)n2)cn1)C(C)C)C(=O)OC(C)(C)C. The molecular formula is C29H40N6O3. The van der Waals surface area contributed by atoms with Crippen LogP contribution in [-0.4, -0.2) is 61.8 Å². The zero-order valence-electron chi connectivity index (χ0n) is 23.5. The summed E-state index contributed by atoms with van der Waals surface area (Å²) in [5, 5.41) is 12.6. The highest BCUT2D eigenvalue weighted by Crippen LogP contribution is 2.23. The van der Waals surface area contributed by atoms with Crippen LogP contribution < -0.4 is 10.2 Å². The number of benzene rings is 1. The van der Waals surface area contributed by atoms with E-state index in [2.05, 4.69) is 34.0 Å². The lowest BCUT2D eigenvalue weighted by atomic mass is 10.2. The molecular weight excluding hydrogens is 480 g/mol. The summed E-state index contributed by atoms with van der Waals surface area (Å²) >= 11 is 0. The zero-order chi connectivity index (χ0) is 27.9. The van der Waals surface area contributed by atoms with Crippen LogP contribution in [0.4, 0.5) is 22.2 Å². The number of carbonyl (C=O) groups excluding carboxylic acids is 1. The van der Waals surface area contributed by atoms with E-state index in [1.165, 1.54) is 0 Å². The van der Waals surface area contributed by atoms with E-state index < -0.39 is 5.60 Å². The maximum absolute atomic E-state index is 12.7. The third kappa shape index (κ3) is 8.14. The molecule has 2 N–H and O–H groups in total. The Balaban J connectivity index is 1.73. The molecule has 3 aromatic rings. The Morgan fingerprint density at radius 2 is 1.79 bits per heavy atom. The van der Waals surface area contributed by atoms with Crippen LogP contribution in [0.2, 0.25) is 0 Å². The molecule has 0 bridgehead atoms. The third-order valence-corrected chi connectivity index (χ3v) is 5.82. The molecule has 0 aliphatic heterocycles. The first-order chi connectivity index (χ1) is 18.0. The number of hydrogen-bond acceptors (Lipinski definition) is 8. The fourth-order valence-electron chi connectivity index (χ4n) is 3.90. The minimum absolute atomic E-state index is 0.0147. The molecule has 0 atom stereocenters. The second-order valence-corrected chi connectivity index (χ2v) is 10.7. The smallest absolute Gasteiger partial charge is 0.410 e. The number of ether oxygens (including phenoxy) is 1. The third-order valence-electron chi connectivity index (χ3n) is 5.82. The number of carbonyl (C=O) groups is 1. The Morgan fingerprint density at radius 1 is 1.03 bits per heavy atom. The summed E-state index contributed by atoms with van der Waals surface area (Å²) in [6, 6.07) is 13.5. The van der Waals surface area contributed by atoms with E-state index in [-0.39, 0.29) is 24.8 Å². The quantitative estimate of drug-likeness (QED) is 0.354. The van der Waals surface area contributed by atoms with E-state index in [1.54, 1.807) is 17.3 Å². The molecule has 1 aromatic carbocycles. The molecule has 9 heteroatoms. The van der Waals surface area contributed by atoms with Gasteiger partial charge in [-0.1, -0.05) is 12.1 Å². The van der Waals surface area contributed by atoms with Gasteiger partial charge in [0.25, 0.3) is 0 Å². The zero-order valence-corrected chi connectivity index (χ0v) is 23.5. The summed E-state index contributed by atoms with van der Waals surface area (Å²) in [6.07, 6.45) is 3.19. The van der Waals surface area contributed by atoms with Crippen molar-refractivity contribution in [1.29, 1.82) is 0 Å². The lowest BCUT2D eigenvalue weighted by molar-refractivity contribution is 0.0196. The van der Waals surface area contributed by atoms with Crippen LogP contribution in [0, 0.1) is 0 Å². The van der Waals surface area contributed by atoms with Gasteiger partial charge in [-0.05, 0) is 84.4 Å². The molecule has 0 spiro atoms. The number of aromatic nitrogens is 3. The molecule has 0 radical (unpaired) electrons. The average Bonchev–Trinajstić information content (AvgIpc) is 2.85. The molecule has 38 heavy (non-hydrogen) atoms. The minimum atomic E-state index is -0.542. The largest absolute Gasteiger partial charge is 0.444 e.